The number of hydrogen-bond acceptors (Lipinski definition) is 4. The molecule has 0 radical (unpaired) electrons. The zero-order valence-corrected chi connectivity index (χ0v) is 19.7. The van der Waals surface area contributed by atoms with Gasteiger partial charge in [0.05, 0.1) is 6.61 Å². The Hall–Kier alpha value is -3.76. The Morgan fingerprint density at radius 1 is 0.588 bits per heavy atom. The number of hydrogen-bond donors (Lipinski definition) is 1. The summed E-state index contributed by atoms with van der Waals surface area (Å²) in [6, 6.07) is 37.3. The van der Waals surface area contributed by atoms with Gasteiger partial charge in [-0.3, -0.25) is 4.90 Å². The Kier molecular flexibility index (Phi) is 8.58. The Morgan fingerprint density at radius 3 is 1.53 bits per heavy atom. The van der Waals surface area contributed by atoms with Gasteiger partial charge in [0.25, 0.3) is 0 Å². The summed E-state index contributed by atoms with van der Waals surface area (Å²) in [5.74, 6) is 1.75. The van der Waals surface area contributed by atoms with E-state index in [9.17, 15) is 0 Å². The fraction of sp³-hybridized carbons (Fsp3) is 0.200. The van der Waals surface area contributed by atoms with Crippen molar-refractivity contribution in [2.24, 2.45) is 0 Å². The number of ether oxygens (including phenoxy) is 2. The first-order valence-corrected chi connectivity index (χ1v) is 11.8. The molecule has 174 valence electrons. The van der Waals surface area contributed by atoms with Crippen LogP contribution in [0.5, 0.6) is 11.5 Å². The van der Waals surface area contributed by atoms with Crippen LogP contribution in [0.1, 0.15) is 18.1 Å². The third-order valence-corrected chi connectivity index (χ3v) is 5.48. The zero-order chi connectivity index (χ0) is 23.4. The van der Waals surface area contributed by atoms with E-state index in [2.05, 4.69) is 70.9 Å². The molecule has 4 aromatic carbocycles. The molecule has 0 unspecified atom stereocenters. The molecule has 4 heteroatoms. The number of rotatable bonds is 12. The molecule has 0 amide bonds. The average molecular weight is 453 g/mol. The summed E-state index contributed by atoms with van der Waals surface area (Å²) in [7, 11) is 0. The fourth-order valence-electron chi connectivity index (χ4n) is 3.79. The van der Waals surface area contributed by atoms with E-state index < -0.39 is 0 Å². The predicted octanol–water partition coefficient (Wildman–Crippen LogP) is 6.91. The topological polar surface area (TPSA) is 33.7 Å². The molecule has 0 saturated heterocycles. The van der Waals surface area contributed by atoms with Gasteiger partial charge in [-0.25, -0.2) is 0 Å². The lowest BCUT2D eigenvalue weighted by Crippen LogP contribution is -2.27. The standard InChI is InChI=1S/C30H32N2O2/c1-2-33-29-17-13-27(14-18-29)31-28-15-19-30(20-16-28)34-22-21-32(23-25-9-5-3-6-10-25)24-26-11-7-4-8-12-26/h3-20,31H,2,21-24H2,1H3. The van der Waals surface area contributed by atoms with Gasteiger partial charge < -0.3 is 14.8 Å². The molecular formula is C30H32N2O2. The molecule has 1 N–H and O–H groups in total. The maximum absolute atomic E-state index is 6.07. The smallest absolute Gasteiger partial charge is 0.119 e. The van der Waals surface area contributed by atoms with Crippen molar-refractivity contribution in [1.82, 2.24) is 4.90 Å². The second-order valence-electron chi connectivity index (χ2n) is 8.14. The normalized spacial score (nSPS) is 10.8. The third kappa shape index (κ3) is 7.39. The van der Waals surface area contributed by atoms with Crippen LogP contribution in [0.15, 0.2) is 109 Å². The third-order valence-electron chi connectivity index (χ3n) is 5.48. The van der Waals surface area contributed by atoms with E-state index in [1.807, 2.05) is 55.5 Å². The summed E-state index contributed by atoms with van der Waals surface area (Å²) in [6.45, 7) is 5.92. The van der Waals surface area contributed by atoms with Crippen LogP contribution in [0, 0.1) is 0 Å². The summed E-state index contributed by atoms with van der Waals surface area (Å²) >= 11 is 0. The van der Waals surface area contributed by atoms with Gasteiger partial charge in [0, 0.05) is 31.0 Å². The van der Waals surface area contributed by atoms with Gasteiger partial charge in [-0.05, 0) is 66.6 Å². The maximum atomic E-state index is 6.07. The van der Waals surface area contributed by atoms with E-state index in [4.69, 9.17) is 9.47 Å². The quantitative estimate of drug-likeness (QED) is 0.253. The number of nitrogens with zero attached hydrogens (tertiary/aromatic N) is 1. The van der Waals surface area contributed by atoms with Crippen LogP contribution < -0.4 is 14.8 Å². The molecule has 4 nitrogen and oxygen atoms in total. The number of benzene rings is 4. The molecule has 0 heterocycles. The van der Waals surface area contributed by atoms with Crippen molar-refractivity contribution in [3.05, 3.63) is 120 Å². The summed E-state index contributed by atoms with van der Waals surface area (Å²) in [5.41, 5.74) is 4.66. The van der Waals surface area contributed by atoms with E-state index in [1.165, 1.54) is 11.1 Å². The summed E-state index contributed by atoms with van der Waals surface area (Å²) in [4.78, 5) is 2.42. The van der Waals surface area contributed by atoms with Gasteiger partial charge >= 0.3 is 0 Å². The van der Waals surface area contributed by atoms with E-state index >= 15 is 0 Å². The molecule has 0 atom stereocenters. The van der Waals surface area contributed by atoms with Crippen LogP contribution in [0.2, 0.25) is 0 Å². The molecular weight excluding hydrogens is 420 g/mol. The van der Waals surface area contributed by atoms with Crippen LogP contribution in [0.25, 0.3) is 0 Å². The SMILES string of the molecule is CCOc1ccc(Nc2ccc(OCCN(Cc3ccccc3)Cc3ccccc3)cc2)cc1. The lowest BCUT2D eigenvalue weighted by Gasteiger charge is -2.23. The minimum atomic E-state index is 0.630. The highest BCUT2D eigenvalue weighted by atomic mass is 16.5. The first kappa shape index (κ1) is 23.4. The minimum Gasteiger partial charge on any atom is -0.494 e. The van der Waals surface area contributed by atoms with Gasteiger partial charge in [-0.2, -0.15) is 0 Å². The summed E-state index contributed by atoms with van der Waals surface area (Å²) in [5, 5.41) is 3.41. The molecule has 0 saturated carbocycles. The second-order valence-corrected chi connectivity index (χ2v) is 8.14. The Balaban J connectivity index is 1.30. The van der Waals surface area contributed by atoms with Gasteiger partial charge in [-0.15, -0.1) is 0 Å². The van der Waals surface area contributed by atoms with Gasteiger partial charge in [0.15, 0.2) is 0 Å². The van der Waals surface area contributed by atoms with Gasteiger partial charge in [0.2, 0.25) is 0 Å². The Morgan fingerprint density at radius 2 is 1.06 bits per heavy atom. The molecule has 4 aromatic rings. The molecule has 34 heavy (non-hydrogen) atoms. The average Bonchev–Trinajstić information content (AvgIpc) is 2.88. The summed E-state index contributed by atoms with van der Waals surface area (Å²) in [6.07, 6.45) is 0. The predicted molar refractivity (Wildman–Crippen MR) is 140 cm³/mol. The molecule has 0 aliphatic rings. The van der Waals surface area contributed by atoms with Crippen molar-refractivity contribution in [3.63, 3.8) is 0 Å². The molecule has 0 aliphatic carbocycles. The van der Waals surface area contributed by atoms with Crippen molar-refractivity contribution >= 4 is 11.4 Å². The monoisotopic (exact) mass is 452 g/mol. The van der Waals surface area contributed by atoms with Gasteiger partial charge in [0.1, 0.15) is 18.1 Å². The highest BCUT2D eigenvalue weighted by Gasteiger charge is 2.08. The minimum absolute atomic E-state index is 0.630. The van der Waals surface area contributed by atoms with Crippen LogP contribution in [0.3, 0.4) is 0 Å². The lowest BCUT2D eigenvalue weighted by atomic mass is 10.1. The Labute approximate surface area is 202 Å². The van der Waals surface area contributed by atoms with Crippen molar-refractivity contribution in [3.8, 4) is 11.5 Å². The number of anilines is 2. The molecule has 0 spiro atoms. The zero-order valence-electron chi connectivity index (χ0n) is 19.7. The van der Waals surface area contributed by atoms with E-state index in [0.717, 1.165) is 42.5 Å². The largest absolute Gasteiger partial charge is 0.494 e. The maximum Gasteiger partial charge on any atom is 0.119 e. The van der Waals surface area contributed by atoms with Crippen LogP contribution >= 0.6 is 0 Å². The first-order chi connectivity index (χ1) is 16.8. The van der Waals surface area contributed by atoms with Crippen molar-refractivity contribution in [2.45, 2.75) is 20.0 Å². The van der Waals surface area contributed by atoms with Crippen LogP contribution in [0.4, 0.5) is 11.4 Å². The van der Waals surface area contributed by atoms with Crippen molar-refractivity contribution < 1.29 is 9.47 Å². The molecule has 0 fully saturated rings. The van der Waals surface area contributed by atoms with Crippen molar-refractivity contribution in [1.29, 1.82) is 0 Å². The molecule has 0 aliphatic heterocycles. The van der Waals surface area contributed by atoms with Gasteiger partial charge in [-0.1, -0.05) is 60.7 Å². The first-order valence-electron chi connectivity index (χ1n) is 11.8. The number of nitrogens with one attached hydrogen (secondary N) is 1. The van der Waals surface area contributed by atoms with E-state index in [1.54, 1.807) is 0 Å². The van der Waals surface area contributed by atoms with E-state index in [0.29, 0.717) is 13.2 Å². The highest BCUT2D eigenvalue weighted by Crippen LogP contribution is 2.22. The van der Waals surface area contributed by atoms with Crippen molar-refractivity contribution in [2.75, 3.05) is 25.1 Å². The summed E-state index contributed by atoms with van der Waals surface area (Å²) < 4.78 is 11.6. The fourth-order valence-corrected chi connectivity index (χ4v) is 3.79. The van der Waals surface area contributed by atoms with Crippen LogP contribution in [-0.2, 0) is 13.1 Å². The Bertz CT molecular complexity index is 1060. The van der Waals surface area contributed by atoms with Crippen LogP contribution in [-0.4, -0.2) is 24.7 Å². The van der Waals surface area contributed by atoms with E-state index in [-0.39, 0.29) is 0 Å². The lowest BCUT2D eigenvalue weighted by molar-refractivity contribution is 0.196. The second kappa shape index (κ2) is 12.5. The molecule has 0 bridgehead atoms. The highest BCUT2D eigenvalue weighted by molar-refractivity contribution is 5.61. The molecule has 4 rings (SSSR count). The molecule has 0 aromatic heterocycles.